The van der Waals surface area contributed by atoms with Gasteiger partial charge in [-0.3, -0.25) is 9.69 Å². The molecule has 0 saturated carbocycles. The first-order valence-electron chi connectivity index (χ1n) is 6.44. The van der Waals surface area contributed by atoms with Crippen LogP contribution in [-0.2, 0) is 4.79 Å². The maximum Gasteiger partial charge on any atom is 0.317 e. The molecule has 1 aromatic rings. The first-order valence-corrected chi connectivity index (χ1v) is 6.44. The van der Waals surface area contributed by atoms with E-state index in [0.29, 0.717) is 18.7 Å². The lowest BCUT2D eigenvalue weighted by Gasteiger charge is -2.29. The fourth-order valence-electron chi connectivity index (χ4n) is 2.06. The summed E-state index contributed by atoms with van der Waals surface area (Å²) < 4.78 is 0. The first kappa shape index (κ1) is 16.3. The van der Waals surface area contributed by atoms with E-state index < -0.39 is 12.0 Å². The van der Waals surface area contributed by atoms with E-state index in [1.807, 2.05) is 19.0 Å². The third-order valence-electron chi connectivity index (χ3n) is 3.20. The lowest BCUT2D eigenvalue weighted by Crippen LogP contribution is -2.37. The molecule has 112 valence electrons. The highest BCUT2D eigenvalue weighted by atomic mass is 16.4. The van der Waals surface area contributed by atoms with Crippen molar-refractivity contribution in [3.8, 4) is 11.5 Å². The Labute approximate surface area is 118 Å². The Morgan fingerprint density at radius 3 is 2.20 bits per heavy atom. The third kappa shape index (κ3) is 4.40. The Balaban J connectivity index is 2.96. The molecule has 1 unspecified atom stereocenters. The number of phenolic OH excluding ortho intramolecular Hbond substituents is 2. The zero-order valence-corrected chi connectivity index (χ0v) is 12.1. The van der Waals surface area contributed by atoms with E-state index in [1.54, 1.807) is 17.9 Å². The molecule has 0 aliphatic rings. The smallest absolute Gasteiger partial charge is 0.317 e. The molecule has 20 heavy (non-hydrogen) atoms. The van der Waals surface area contributed by atoms with Crippen molar-refractivity contribution in [2.45, 2.75) is 13.0 Å². The molecule has 0 saturated heterocycles. The maximum absolute atomic E-state index is 11.0. The van der Waals surface area contributed by atoms with Crippen molar-refractivity contribution in [3.05, 3.63) is 23.8 Å². The summed E-state index contributed by atoms with van der Waals surface area (Å²) in [6.45, 7) is 2.83. The molecule has 0 aliphatic heterocycles. The fourth-order valence-corrected chi connectivity index (χ4v) is 2.06. The summed E-state index contributed by atoms with van der Waals surface area (Å²) in [5.74, 6) is -0.999. The number of aliphatic carboxylic acids is 1. The number of carboxylic acids is 1. The van der Waals surface area contributed by atoms with E-state index >= 15 is 0 Å². The standard InChI is InChI=1S/C14H22N2O4/c1-10(14-11(17)5-4-6-12(14)18)16(9-13(19)20)8-7-15(2)3/h4-6,10,17-18H,7-9H2,1-3H3,(H,19,20). The fraction of sp³-hybridized carbons (Fsp3) is 0.500. The van der Waals surface area contributed by atoms with Crippen molar-refractivity contribution in [2.24, 2.45) is 0 Å². The normalized spacial score (nSPS) is 12.8. The van der Waals surface area contributed by atoms with Gasteiger partial charge in [-0.15, -0.1) is 0 Å². The maximum atomic E-state index is 11.0. The molecule has 1 rings (SSSR count). The van der Waals surface area contributed by atoms with Crippen LogP contribution < -0.4 is 0 Å². The largest absolute Gasteiger partial charge is 0.507 e. The number of aromatic hydroxyl groups is 2. The monoisotopic (exact) mass is 282 g/mol. The molecule has 0 aliphatic carbocycles. The van der Waals surface area contributed by atoms with Gasteiger partial charge < -0.3 is 20.2 Å². The lowest BCUT2D eigenvalue weighted by atomic mass is 10.0. The van der Waals surface area contributed by atoms with E-state index in [0.717, 1.165) is 0 Å². The number of phenols is 2. The average molecular weight is 282 g/mol. The number of benzene rings is 1. The van der Waals surface area contributed by atoms with Gasteiger partial charge in [0.1, 0.15) is 11.5 Å². The molecule has 0 radical (unpaired) electrons. The molecule has 1 atom stereocenters. The Morgan fingerprint density at radius 1 is 1.20 bits per heavy atom. The highest BCUT2D eigenvalue weighted by Gasteiger charge is 2.23. The molecule has 0 aromatic heterocycles. The van der Waals surface area contributed by atoms with Gasteiger partial charge in [0.15, 0.2) is 0 Å². The summed E-state index contributed by atoms with van der Waals surface area (Å²) in [6, 6.07) is 4.11. The van der Waals surface area contributed by atoms with Crippen LogP contribution in [0.3, 0.4) is 0 Å². The van der Waals surface area contributed by atoms with Crippen LogP contribution in [0.4, 0.5) is 0 Å². The lowest BCUT2D eigenvalue weighted by molar-refractivity contribution is -0.139. The molecular weight excluding hydrogens is 260 g/mol. The molecule has 3 N–H and O–H groups in total. The van der Waals surface area contributed by atoms with Gasteiger partial charge in [-0.05, 0) is 33.2 Å². The summed E-state index contributed by atoms with van der Waals surface area (Å²) in [7, 11) is 3.81. The van der Waals surface area contributed by atoms with Gasteiger partial charge in [0, 0.05) is 19.1 Å². The van der Waals surface area contributed by atoms with E-state index in [9.17, 15) is 15.0 Å². The first-order chi connectivity index (χ1) is 9.32. The summed E-state index contributed by atoms with van der Waals surface area (Å²) in [4.78, 5) is 14.6. The third-order valence-corrected chi connectivity index (χ3v) is 3.20. The van der Waals surface area contributed by atoms with Crippen LogP contribution in [0.2, 0.25) is 0 Å². The minimum absolute atomic E-state index is 0.0299. The second kappa shape index (κ2) is 7.12. The van der Waals surface area contributed by atoms with Crippen LogP contribution in [0.25, 0.3) is 0 Å². The SMILES string of the molecule is CC(c1c(O)cccc1O)N(CCN(C)C)CC(=O)O. The number of carboxylic acid groups (broad SMARTS) is 1. The van der Waals surface area contributed by atoms with Gasteiger partial charge in [0.2, 0.25) is 0 Å². The van der Waals surface area contributed by atoms with Crippen molar-refractivity contribution in [1.82, 2.24) is 9.80 Å². The van der Waals surface area contributed by atoms with Crippen LogP contribution in [0.15, 0.2) is 18.2 Å². The Bertz CT molecular complexity index is 442. The van der Waals surface area contributed by atoms with Gasteiger partial charge in [-0.1, -0.05) is 6.07 Å². The molecule has 0 amide bonds. The second-order valence-electron chi connectivity index (χ2n) is 5.05. The predicted octanol–water partition coefficient (Wildman–Crippen LogP) is 1.11. The number of nitrogens with zero attached hydrogens (tertiary/aromatic N) is 2. The number of hydrogen-bond donors (Lipinski definition) is 3. The zero-order chi connectivity index (χ0) is 15.3. The number of carbonyl (C=O) groups is 1. The predicted molar refractivity (Wildman–Crippen MR) is 75.9 cm³/mol. The van der Waals surface area contributed by atoms with E-state index in [2.05, 4.69) is 0 Å². The molecule has 0 fully saturated rings. The van der Waals surface area contributed by atoms with E-state index in [4.69, 9.17) is 5.11 Å². The van der Waals surface area contributed by atoms with Gasteiger partial charge in [-0.2, -0.15) is 0 Å². The van der Waals surface area contributed by atoms with Crippen LogP contribution in [-0.4, -0.2) is 64.8 Å². The number of rotatable bonds is 7. The van der Waals surface area contributed by atoms with Gasteiger partial charge in [0.05, 0.1) is 12.1 Å². The highest BCUT2D eigenvalue weighted by molar-refractivity contribution is 5.69. The van der Waals surface area contributed by atoms with Crippen molar-refractivity contribution < 1.29 is 20.1 Å². The molecular formula is C14H22N2O4. The molecule has 6 heteroatoms. The number of hydrogen-bond acceptors (Lipinski definition) is 5. The summed E-state index contributed by atoms with van der Waals surface area (Å²) in [5.41, 5.74) is 0.354. The number of likely N-dealkylation sites (N-methyl/N-ethyl adjacent to an activating group) is 1. The van der Waals surface area contributed by atoms with Crippen molar-refractivity contribution in [3.63, 3.8) is 0 Å². The quantitative estimate of drug-likeness (QED) is 0.694. The molecule has 0 bridgehead atoms. The summed E-state index contributed by atoms with van der Waals surface area (Å²) in [5, 5.41) is 28.8. The van der Waals surface area contributed by atoms with Crippen LogP contribution >= 0.6 is 0 Å². The molecule has 0 spiro atoms. The summed E-state index contributed by atoms with van der Waals surface area (Å²) in [6.07, 6.45) is 0. The van der Waals surface area contributed by atoms with Crippen LogP contribution in [0, 0.1) is 0 Å². The molecule has 6 nitrogen and oxygen atoms in total. The summed E-state index contributed by atoms with van der Waals surface area (Å²) >= 11 is 0. The van der Waals surface area contributed by atoms with Gasteiger partial charge >= 0.3 is 5.97 Å². The second-order valence-corrected chi connectivity index (χ2v) is 5.05. The Morgan fingerprint density at radius 2 is 1.75 bits per heavy atom. The Hall–Kier alpha value is -1.79. The average Bonchev–Trinajstić information content (AvgIpc) is 2.33. The zero-order valence-electron chi connectivity index (χ0n) is 12.1. The van der Waals surface area contributed by atoms with Crippen molar-refractivity contribution >= 4 is 5.97 Å². The van der Waals surface area contributed by atoms with Gasteiger partial charge in [0.25, 0.3) is 0 Å². The van der Waals surface area contributed by atoms with Crippen LogP contribution in [0.1, 0.15) is 18.5 Å². The van der Waals surface area contributed by atoms with Crippen molar-refractivity contribution in [1.29, 1.82) is 0 Å². The van der Waals surface area contributed by atoms with E-state index in [1.165, 1.54) is 12.1 Å². The highest BCUT2D eigenvalue weighted by Crippen LogP contribution is 2.35. The topological polar surface area (TPSA) is 84.2 Å². The van der Waals surface area contributed by atoms with E-state index in [-0.39, 0.29) is 18.0 Å². The van der Waals surface area contributed by atoms with Gasteiger partial charge in [-0.25, -0.2) is 0 Å². The van der Waals surface area contributed by atoms with Crippen LogP contribution in [0.5, 0.6) is 11.5 Å². The molecule has 0 heterocycles. The van der Waals surface area contributed by atoms with Crippen molar-refractivity contribution in [2.75, 3.05) is 33.7 Å². The minimum Gasteiger partial charge on any atom is -0.507 e. The molecule has 1 aromatic carbocycles. The minimum atomic E-state index is -0.939. The Kier molecular flexibility index (Phi) is 5.79.